The molecule has 0 bridgehead atoms. The summed E-state index contributed by atoms with van der Waals surface area (Å²) in [4.78, 5) is 37.2. The van der Waals surface area contributed by atoms with Gasteiger partial charge < -0.3 is 21.1 Å². The standard InChI is InChI=1S/C28H33N5O5/c29-19-6-2-5-10-27(34)30-20-7-21-32(28(35)31-22-11-13-24(14-12-22)33(36)37)23-15-17-26(18-16-23)38-25-8-3-1-4-9-25/h1,3-4,8-9,11-18H,2,5-7,10,19-21,29H2,(H,30,34)(H,31,35). The highest BCUT2D eigenvalue weighted by molar-refractivity contribution is 6.01. The normalized spacial score (nSPS) is 10.4. The molecule has 4 N–H and O–H groups in total. The van der Waals surface area contributed by atoms with Crippen LogP contribution >= 0.6 is 0 Å². The van der Waals surface area contributed by atoms with E-state index in [1.165, 1.54) is 24.3 Å². The number of carbonyl (C=O) groups is 2. The van der Waals surface area contributed by atoms with Gasteiger partial charge in [-0.1, -0.05) is 24.6 Å². The van der Waals surface area contributed by atoms with Crippen molar-refractivity contribution in [2.45, 2.75) is 32.1 Å². The van der Waals surface area contributed by atoms with Crippen LogP contribution in [0.4, 0.5) is 21.9 Å². The van der Waals surface area contributed by atoms with Gasteiger partial charge in [-0.25, -0.2) is 4.79 Å². The molecule has 0 atom stereocenters. The van der Waals surface area contributed by atoms with Gasteiger partial charge in [-0.05, 0) is 74.3 Å². The molecule has 10 nitrogen and oxygen atoms in total. The Bertz CT molecular complexity index is 1170. The molecule has 0 aliphatic rings. The number of rotatable bonds is 14. The van der Waals surface area contributed by atoms with E-state index in [4.69, 9.17) is 10.5 Å². The molecule has 0 radical (unpaired) electrons. The quantitative estimate of drug-likeness (QED) is 0.147. The third-order valence-electron chi connectivity index (χ3n) is 5.69. The number of hydrogen-bond acceptors (Lipinski definition) is 6. The van der Waals surface area contributed by atoms with Gasteiger partial charge in [0.15, 0.2) is 0 Å². The van der Waals surface area contributed by atoms with Gasteiger partial charge in [-0.3, -0.25) is 19.8 Å². The minimum Gasteiger partial charge on any atom is -0.457 e. The SMILES string of the molecule is NCCCCCC(=O)NCCCN(C(=O)Nc1ccc([N+](=O)[O-])cc1)c1ccc(Oc2ccccc2)cc1. The summed E-state index contributed by atoms with van der Waals surface area (Å²) in [5.41, 5.74) is 6.49. The Morgan fingerprint density at radius 2 is 1.55 bits per heavy atom. The van der Waals surface area contributed by atoms with Crippen LogP contribution in [0.1, 0.15) is 32.1 Å². The van der Waals surface area contributed by atoms with Gasteiger partial charge in [-0.2, -0.15) is 0 Å². The lowest BCUT2D eigenvalue weighted by Gasteiger charge is -2.24. The summed E-state index contributed by atoms with van der Waals surface area (Å²) in [5.74, 6) is 1.30. The Morgan fingerprint density at radius 1 is 0.868 bits per heavy atom. The minimum atomic E-state index is -0.497. The highest BCUT2D eigenvalue weighted by Crippen LogP contribution is 2.25. The third kappa shape index (κ3) is 9.21. The summed E-state index contributed by atoms with van der Waals surface area (Å²) in [7, 11) is 0. The van der Waals surface area contributed by atoms with E-state index in [9.17, 15) is 19.7 Å². The van der Waals surface area contributed by atoms with E-state index < -0.39 is 11.0 Å². The number of hydrogen-bond donors (Lipinski definition) is 3. The number of nitrogens with two attached hydrogens (primary N) is 1. The van der Waals surface area contributed by atoms with Gasteiger partial charge >= 0.3 is 6.03 Å². The van der Waals surface area contributed by atoms with E-state index in [-0.39, 0.29) is 11.6 Å². The number of urea groups is 1. The van der Waals surface area contributed by atoms with E-state index in [1.54, 1.807) is 29.2 Å². The summed E-state index contributed by atoms with van der Waals surface area (Å²) >= 11 is 0. The van der Waals surface area contributed by atoms with Crippen molar-refractivity contribution in [3.8, 4) is 11.5 Å². The van der Waals surface area contributed by atoms with Gasteiger partial charge in [0, 0.05) is 43.0 Å². The number of non-ortho nitro benzene ring substituents is 1. The number of ether oxygens (including phenoxy) is 1. The first-order valence-corrected chi connectivity index (χ1v) is 12.6. The van der Waals surface area contributed by atoms with Crippen molar-refractivity contribution in [3.05, 3.63) is 89.0 Å². The van der Waals surface area contributed by atoms with Crippen LogP contribution in [-0.4, -0.2) is 36.5 Å². The monoisotopic (exact) mass is 519 g/mol. The fourth-order valence-electron chi connectivity index (χ4n) is 3.68. The van der Waals surface area contributed by atoms with Crippen LogP contribution in [0.5, 0.6) is 11.5 Å². The fourth-order valence-corrected chi connectivity index (χ4v) is 3.68. The number of amides is 3. The highest BCUT2D eigenvalue weighted by atomic mass is 16.6. The van der Waals surface area contributed by atoms with Gasteiger partial charge in [0.05, 0.1) is 4.92 Å². The van der Waals surface area contributed by atoms with Crippen molar-refractivity contribution in [2.24, 2.45) is 5.73 Å². The molecule has 0 aliphatic carbocycles. The van der Waals surface area contributed by atoms with Crippen LogP contribution in [0.3, 0.4) is 0 Å². The van der Waals surface area contributed by atoms with Crippen LogP contribution in [-0.2, 0) is 4.79 Å². The molecule has 0 unspecified atom stereocenters. The van der Waals surface area contributed by atoms with Crippen LogP contribution in [0.25, 0.3) is 0 Å². The molecular weight excluding hydrogens is 486 g/mol. The van der Waals surface area contributed by atoms with Crippen LogP contribution in [0, 0.1) is 10.1 Å². The molecule has 0 fully saturated rings. The molecular formula is C28H33N5O5. The number of nitrogens with zero attached hydrogens (tertiary/aromatic N) is 2. The summed E-state index contributed by atoms with van der Waals surface area (Å²) < 4.78 is 5.84. The number of anilines is 2. The van der Waals surface area contributed by atoms with E-state index in [2.05, 4.69) is 10.6 Å². The molecule has 0 saturated heterocycles. The van der Waals surface area contributed by atoms with Crippen molar-refractivity contribution in [1.29, 1.82) is 0 Å². The van der Waals surface area contributed by atoms with Crippen LogP contribution in [0.15, 0.2) is 78.9 Å². The summed E-state index contributed by atoms with van der Waals surface area (Å²) in [6, 6.07) is 21.7. The highest BCUT2D eigenvalue weighted by Gasteiger charge is 2.17. The number of benzene rings is 3. The van der Waals surface area contributed by atoms with Crippen LogP contribution < -0.4 is 26.0 Å². The smallest absolute Gasteiger partial charge is 0.326 e. The maximum Gasteiger partial charge on any atom is 0.326 e. The predicted octanol–water partition coefficient (Wildman–Crippen LogP) is 5.45. The van der Waals surface area contributed by atoms with Crippen molar-refractivity contribution in [1.82, 2.24) is 5.32 Å². The van der Waals surface area contributed by atoms with E-state index in [0.29, 0.717) is 55.3 Å². The van der Waals surface area contributed by atoms with Crippen LogP contribution in [0.2, 0.25) is 0 Å². The maximum absolute atomic E-state index is 13.2. The number of para-hydroxylation sites is 1. The second-order valence-electron chi connectivity index (χ2n) is 8.60. The summed E-state index contributed by atoms with van der Waals surface area (Å²) in [6.45, 7) is 1.39. The minimum absolute atomic E-state index is 0.0219. The van der Waals surface area contributed by atoms with Gasteiger partial charge in [0.2, 0.25) is 5.91 Å². The second-order valence-corrected chi connectivity index (χ2v) is 8.60. The van der Waals surface area contributed by atoms with Gasteiger partial charge in [0.1, 0.15) is 11.5 Å². The summed E-state index contributed by atoms with van der Waals surface area (Å²) in [6.07, 6.45) is 3.60. The number of nitro groups is 1. The van der Waals surface area contributed by atoms with Crippen molar-refractivity contribution in [3.63, 3.8) is 0 Å². The third-order valence-corrected chi connectivity index (χ3v) is 5.69. The molecule has 0 aromatic heterocycles. The molecule has 38 heavy (non-hydrogen) atoms. The molecule has 3 aromatic rings. The lowest BCUT2D eigenvalue weighted by atomic mass is 10.2. The summed E-state index contributed by atoms with van der Waals surface area (Å²) in [5, 5.41) is 16.6. The molecule has 3 aromatic carbocycles. The number of nitrogens with one attached hydrogen (secondary N) is 2. The molecule has 10 heteroatoms. The second kappa shape index (κ2) is 15.0. The number of unbranched alkanes of at least 4 members (excludes halogenated alkanes) is 2. The average Bonchev–Trinajstić information content (AvgIpc) is 2.92. The Balaban J connectivity index is 1.63. The first-order chi connectivity index (χ1) is 18.5. The maximum atomic E-state index is 13.2. The zero-order chi connectivity index (χ0) is 27.2. The molecule has 0 heterocycles. The molecule has 0 spiro atoms. The number of nitro benzene ring substituents is 1. The average molecular weight is 520 g/mol. The molecule has 3 rings (SSSR count). The Labute approximate surface area is 221 Å². The predicted molar refractivity (Wildman–Crippen MR) is 148 cm³/mol. The Hall–Kier alpha value is -4.44. The molecule has 3 amide bonds. The topological polar surface area (TPSA) is 140 Å². The fraction of sp³-hybridized carbons (Fsp3) is 0.286. The lowest BCUT2D eigenvalue weighted by Crippen LogP contribution is -2.37. The van der Waals surface area contributed by atoms with Crippen molar-refractivity contribution >= 4 is 29.0 Å². The van der Waals surface area contributed by atoms with E-state index >= 15 is 0 Å². The van der Waals surface area contributed by atoms with Crippen molar-refractivity contribution in [2.75, 3.05) is 29.9 Å². The zero-order valence-corrected chi connectivity index (χ0v) is 21.2. The zero-order valence-electron chi connectivity index (χ0n) is 21.2. The van der Waals surface area contributed by atoms with Crippen molar-refractivity contribution < 1.29 is 19.2 Å². The van der Waals surface area contributed by atoms with Gasteiger partial charge in [0.25, 0.3) is 5.69 Å². The molecule has 0 aliphatic heterocycles. The first-order valence-electron chi connectivity index (χ1n) is 12.6. The van der Waals surface area contributed by atoms with E-state index in [0.717, 1.165) is 19.3 Å². The lowest BCUT2D eigenvalue weighted by molar-refractivity contribution is -0.384. The first kappa shape index (κ1) is 28.1. The molecule has 200 valence electrons. The Morgan fingerprint density at radius 3 is 2.21 bits per heavy atom. The van der Waals surface area contributed by atoms with Gasteiger partial charge in [-0.15, -0.1) is 0 Å². The molecule has 0 saturated carbocycles. The number of carbonyl (C=O) groups excluding carboxylic acids is 2. The largest absolute Gasteiger partial charge is 0.457 e. The van der Waals surface area contributed by atoms with E-state index in [1.807, 2.05) is 30.3 Å². The Kier molecular flexibility index (Phi) is 11.1.